The van der Waals surface area contributed by atoms with Gasteiger partial charge in [0.2, 0.25) is 6.29 Å². The van der Waals surface area contributed by atoms with Crippen LogP contribution in [-0.2, 0) is 24.0 Å². The Morgan fingerprint density at radius 3 is 2.68 bits per heavy atom. The minimum atomic E-state index is -4.11. The van der Waals surface area contributed by atoms with E-state index in [1.165, 1.54) is 18.2 Å². The molecule has 0 spiro atoms. The Bertz CT molecular complexity index is 613. The topological polar surface area (TPSA) is 87.9 Å². The Morgan fingerprint density at radius 2 is 2.05 bits per heavy atom. The van der Waals surface area contributed by atoms with Crippen molar-refractivity contribution in [2.75, 3.05) is 6.61 Å². The summed E-state index contributed by atoms with van der Waals surface area (Å²) >= 11 is 0. The van der Waals surface area contributed by atoms with E-state index < -0.39 is 29.0 Å². The van der Waals surface area contributed by atoms with Crippen molar-refractivity contribution in [2.24, 2.45) is 5.14 Å². The molecule has 1 atom stereocenters. The van der Waals surface area contributed by atoms with E-state index in [2.05, 4.69) is 4.18 Å². The van der Waals surface area contributed by atoms with Crippen molar-refractivity contribution < 1.29 is 26.5 Å². The Labute approximate surface area is 109 Å². The molecule has 104 valence electrons. The first kappa shape index (κ1) is 13.8. The second-order valence-corrected chi connectivity index (χ2v) is 5.01. The minimum Gasteiger partial charge on any atom is -0.453 e. The molecule has 0 amide bonds. The van der Waals surface area contributed by atoms with Crippen LogP contribution in [0.2, 0.25) is 0 Å². The second kappa shape index (κ2) is 5.16. The maximum atomic E-state index is 13.7. The van der Waals surface area contributed by atoms with Crippen molar-refractivity contribution in [1.82, 2.24) is 0 Å². The van der Waals surface area contributed by atoms with Gasteiger partial charge in [0, 0.05) is 6.92 Å². The number of nitrogens with two attached hydrogens (primary N) is 1. The highest BCUT2D eigenvalue weighted by atomic mass is 32.2. The Hall–Kier alpha value is -1.64. The lowest BCUT2D eigenvalue weighted by molar-refractivity contribution is -0.0143. The Morgan fingerprint density at radius 1 is 1.37 bits per heavy atom. The molecular weight excluding hydrogens is 277 g/mol. The molecule has 0 aliphatic carbocycles. The summed E-state index contributed by atoms with van der Waals surface area (Å²) in [7, 11) is -4.11. The molecule has 1 aromatic rings. The molecule has 1 heterocycles. The van der Waals surface area contributed by atoms with Gasteiger partial charge in [-0.2, -0.15) is 8.42 Å². The second-order valence-electron chi connectivity index (χ2n) is 3.79. The van der Waals surface area contributed by atoms with Gasteiger partial charge in [0.1, 0.15) is 12.4 Å². The van der Waals surface area contributed by atoms with E-state index in [0.29, 0.717) is 0 Å². The maximum absolute atomic E-state index is 13.7. The van der Waals surface area contributed by atoms with Gasteiger partial charge < -0.3 is 9.47 Å². The number of ether oxygens (including phenoxy) is 2. The van der Waals surface area contributed by atoms with Crippen molar-refractivity contribution in [2.45, 2.75) is 13.2 Å². The fourth-order valence-corrected chi connectivity index (χ4v) is 1.88. The standard InChI is InChI=1S/C11H12FNO5S/c1-7-17-10(6-16-19(13,14)15)11(18-7)8-4-2-3-5-9(8)12/h2-5,7H,6H2,1H3,(H2,13,14,15). The summed E-state index contributed by atoms with van der Waals surface area (Å²) in [6, 6.07) is 5.89. The molecule has 0 aromatic heterocycles. The first-order valence-electron chi connectivity index (χ1n) is 5.35. The monoisotopic (exact) mass is 289 g/mol. The third kappa shape index (κ3) is 3.43. The molecule has 0 radical (unpaired) electrons. The lowest BCUT2D eigenvalue weighted by Crippen LogP contribution is -2.18. The van der Waals surface area contributed by atoms with Crippen LogP contribution in [0.15, 0.2) is 30.0 Å². The number of rotatable bonds is 4. The molecule has 0 saturated carbocycles. The van der Waals surface area contributed by atoms with Crippen molar-refractivity contribution >= 4 is 16.1 Å². The zero-order valence-electron chi connectivity index (χ0n) is 10.00. The third-order valence-electron chi connectivity index (χ3n) is 2.32. The van der Waals surface area contributed by atoms with Crippen LogP contribution < -0.4 is 5.14 Å². The molecule has 0 saturated heterocycles. The SMILES string of the molecule is CC1OC(COS(N)(=O)=O)=C(c2ccccc2F)O1. The lowest BCUT2D eigenvalue weighted by atomic mass is 10.1. The van der Waals surface area contributed by atoms with Gasteiger partial charge in [-0.15, -0.1) is 0 Å². The number of halogens is 1. The molecule has 19 heavy (non-hydrogen) atoms. The van der Waals surface area contributed by atoms with E-state index in [1.54, 1.807) is 13.0 Å². The smallest absolute Gasteiger partial charge is 0.333 e. The summed E-state index contributed by atoms with van der Waals surface area (Å²) in [6.45, 7) is 1.14. The highest BCUT2D eigenvalue weighted by Crippen LogP contribution is 2.31. The van der Waals surface area contributed by atoms with Gasteiger partial charge >= 0.3 is 10.3 Å². The van der Waals surface area contributed by atoms with Gasteiger partial charge in [0.25, 0.3) is 0 Å². The van der Waals surface area contributed by atoms with Crippen LogP contribution >= 0.6 is 0 Å². The number of benzene rings is 1. The first-order valence-corrected chi connectivity index (χ1v) is 6.82. The maximum Gasteiger partial charge on any atom is 0.333 e. The van der Waals surface area contributed by atoms with Crippen molar-refractivity contribution in [3.05, 3.63) is 41.4 Å². The summed E-state index contributed by atoms with van der Waals surface area (Å²) in [5.74, 6) is -0.329. The first-order chi connectivity index (χ1) is 8.87. The van der Waals surface area contributed by atoms with Gasteiger partial charge in [-0.1, -0.05) is 12.1 Å². The van der Waals surface area contributed by atoms with E-state index in [-0.39, 0.29) is 17.1 Å². The van der Waals surface area contributed by atoms with Gasteiger partial charge in [-0.25, -0.2) is 13.7 Å². The predicted octanol–water partition coefficient (Wildman–Crippen LogP) is 1.11. The van der Waals surface area contributed by atoms with E-state index in [0.717, 1.165) is 0 Å². The zero-order chi connectivity index (χ0) is 14.0. The molecular formula is C11H12FNO5S. The van der Waals surface area contributed by atoms with Gasteiger partial charge in [0.15, 0.2) is 11.5 Å². The highest BCUT2D eigenvalue weighted by Gasteiger charge is 2.27. The number of hydrogen-bond donors (Lipinski definition) is 1. The van der Waals surface area contributed by atoms with E-state index in [4.69, 9.17) is 14.6 Å². The summed E-state index contributed by atoms with van der Waals surface area (Å²) in [6.07, 6.45) is -0.659. The minimum absolute atomic E-state index is 0.0756. The highest BCUT2D eigenvalue weighted by molar-refractivity contribution is 7.84. The fraction of sp³-hybridized carbons (Fsp3) is 0.273. The largest absolute Gasteiger partial charge is 0.453 e. The third-order valence-corrected chi connectivity index (χ3v) is 2.76. The van der Waals surface area contributed by atoms with E-state index in [1.807, 2.05) is 0 Å². The Balaban J connectivity index is 2.31. The molecule has 0 bridgehead atoms. The fourth-order valence-electron chi connectivity index (χ4n) is 1.60. The quantitative estimate of drug-likeness (QED) is 0.897. The number of hydrogen-bond acceptors (Lipinski definition) is 5. The molecule has 2 N–H and O–H groups in total. The van der Waals surface area contributed by atoms with Crippen LogP contribution in [0.4, 0.5) is 4.39 Å². The van der Waals surface area contributed by atoms with Crippen LogP contribution in [0.1, 0.15) is 12.5 Å². The van der Waals surface area contributed by atoms with Gasteiger partial charge in [0.05, 0.1) is 5.56 Å². The molecule has 1 aliphatic rings. The lowest BCUT2D eigenvalue weighted by Gasteiger charge is -2.05. The average molecular weight is 289 g/mol. The summed E-state index contributed by atoms with van der Waals surface area (Å²) < 4.78 is 50.1. The van der Waals surface area contributed by atoms with E-state index in [9.17, 15) is 12.8 Å². The predicted molar refractivity (Wildman–Crippen MR) is 64.0 cm³/mol. The molecule has 6 nitrogen and oxygen atoms in total. The van der Waals surface area contributed by atoms with Crippen LogP contribution in [0.3, 0.4) is 0 Å². The molecule has 1 aliphatic heterocycles. The van der Waals surface area contributed by atoms with Gasteiger partial charge in [-0.3, -0.25) is 0 Å². The van der Waals surface area contributed by atoms with Crippen molar-refractivity contribution in [3.63, 3.8) is 0 Å². The normalized spacial score (nSPS) is 19.2. The van der Waals surface area contributed by atoms with E-state index >= 15 is 0 Å². The summed E-state index contributed by atoms with van der Waals surface area (Å²) in [5, 5.41) is 4.72. The molecule has 0 fully saturated rings. The van der Waals surface area contributed by atoms with Gasteiger partial charge in [-0.05, 0) is 12.1 Å². The molecule has 8 heteroatoms. The summed E-state index contributed by atoms with van der Waals surface area (Å²) in [5.41, 5.74) is 0.167. The van der Waals surface area contributed by atoms with Crippen molar-refractivity contribution in [1.29, 1.82) is 0 Å². The van der Waals surface area contributed by atoms with Crippen LogP contribution in [0, 0.1) is 5.82 Å². The zero-order valence-corrected chi connectivity index (χ0v) is 10.8. The Kier molecular flexibility index (Phi) is 3.74. The van der Waals surface area contributed by atoms with Crippen LogP contribution in [0.5, 0.6) is 0 Å². The van der Waals surface area contributed by atoms with Crippen molar-refractivity contribution in [3.8, 4) is 0 Å². The summed E-state index contributed by atoms with van der Waals surface area (Å²) in [4.78, 5) is 0. The van der Waals surface area contributed by atoms with Crippen LogP contribution in [-0.4, -0.2) is 21.3 Å². The molecule has 1 unspecified atom stereocenters. The molecule has 2 rings (SSSR count). The average Bonchev–Trinajstić information content (AvgIpc) is 2.67. The van der Waals surface area contributed by atoms with Crippen LogP contribution in [0.25, 0.3) is 5.76 Å². The molecule has 1 aromatic carbocycles.